The highest BCUT2D eigenvalue weighted by Crippen LogP contribution is 2.35. The van der Waals surface area contributed by atoms with Crippen LogP contribution in [0.25, 0.3) is 0 Å². The van der Waals surface area contributed by atoms with Crippen LogP contribution >= 0.6 is 0 Å². The molecular formula is C21H32N3O3+. The number of fused-ring (bicyclic) bond motifs is 1. The number of carbonyl (C=O) groups is 2. The largest absolute Gasteiger partial charge is 0.497 e. The lowest BCUT2D eigenvalue weighted by atomic mass is 9.78. The molecule has 1 unspecified atom stereocenters. The summed E-state index contributed by atoms with van der Waals surface area (Å²) in [5, 5.41) is 2.88. The number of hydrogen-bond acceptors (Lipinski definition) is 3. The summed E-state index contributed by atoms with van der Waals surface area (Å²) in [4.78, 5) is 28.1. The van der Waals surface area contributed by atoms with Crippen molar-refractivity contribution >= 4 is 17.5 Å². The van der Waals surface area contributed by atoms with Gasteiger partial charge in [-0.2, -0.15) is 0 Å². The molecule has 6 heteroatoms. The molecule has 0 aromatic heterocycles. The number of ether oxygens (including phenoxy) is 1. The molecule has 3 rings (SSSR count). The van der Waals surface area contributed by atoms with Gasteiger partial charge in [0.15, 0.2) is 13.1 Å². The number of anilines is 1. The highest BCUT2D eigenvalue weighted by molar-refractivity contribution is 5.91. The first-order chi connectivity index (χ1) is 13.1. The molecule has 1 saturated carbocycles. The number of benzene rings is 1. The van der Waals surface area contributed by atoms with E-state index in [1.54, 1.807) is 7.11 Å². The molecule has 3 atom stereocenters. The van der Waals surface area contributed by atoms with Gasteiger partial charge in [0.1, 0.15) is 5.75 Å². The second kappa shape index (κ2) is 9.22. The SMILES string of the molecule is COc1ccc(NC(=O)C[NH+](C)CC(=O)N2CCC[C@H]3CCCC[C@@H]32)cc1. The summed E-state index contributed by atoms with van der Waals surface area (Å²) in [6.07, 6.45) is 7.33. The van der Waals surface area contributed by atoms with Crippen molar-refractivity contribution < 1.29 is 19.2 Å². The Balaban J connectivity index is 1.48. The van der Waals surface area contributed by atoms with Crippen LogP contribution in [-0.4, -0.2) is 56.5 Å². The van der Waals surface area contributed by atoms with E-state index in [0.717, 1.165) is 35.7 Å². The van der Waals surface area contributed by atoms with Crippen LogP contribution in [0.4, 0.5) is 5.69 Å². The van der Waals surface area contributed by atoms with Crippen LogP contribution in [0.1, 0.15) is 38.5 Å². The van der Waals surface area contributed by atoms with Crippen molar-refractivity contribution in [2.75, 3.05) is 39.1 Å². The van der Waals surface area contributed by atoms with Gasteiger partial charge in [-0.25, -0.2) is 0 Å². The molecule has 2 fully saturated rings. The van der Waals surface area contributed by atoms with Crippen LogP contribution in [0.5, 0.6) is 5.75 Å². The number of amides is 2. The predicted octanol–water partition coefficient (Wildman–Crippen LogP) is 1.33. The fraction of sp³-hybridized carbons (Fsp3) is 0.619. The molecule has 0 spiro atoms. The minimum atomic E-state index is -0.0837. The van der Waals surface area contributed by atoms with E-state index < -0.39 is 0 Å². The van der Waals surface area contributed by atoms with Crippen molar-refractivity contribution in [3.63, 3.8) is 0 Å². The van der Waals surface area contributed by atoms with Crippen LogP contribution in [0, 0.1) is 5.92 Å². The van der Waals surface area contributed by atoms with Crippen molar-refractivity contribution in [2.24, 2.45) is 5.92 Å². The van der Waals surface area contributed by atoms with Crippen LogP contribution < -0.4 is 15.0 Å². The average molecular weight is 375 g/mol. The lowest BCUT2D eigenvalue weighted by Gasteiger charge is -2.44. The monoisotopic (exact) mass is 374 g/mol. The lowest BCUT2D eigenvalue weighted by molar-refractivity contribution is -0.862. The molecule has 2 N–H and O–H groups in total. The van der Waals surface area contributed by atoms with E-state index >= 15 is 0 Å². The number of methoxy groups -OCH3 is 1. The molecule has 27 heavy (non-hydrogen) atoms. The molecule has 1 aromatic rings. The van der Waals surface area contributed by atoms with E-state index in [1.165, 1.54) is 25.7 Å². The van der Waals surface area contributed by atoms with Crippen molar-refractivity contribution in [2.45, 2.75) is 44.6 Å². The van der Waals surface area contributed by atoms with Crippen LogP contribution in [0.3, 0.4) is 0 Å². The van der Waals surface area contributed by atoms with Gasteiger partial charge in [-0.3, -0.25) is 9.59 Å². The Hall–Kier alpha value is -2.08. The number of piperidine rings is 1. The van der Waals surface area contributed by atoms with Crippen LogP contribution in [-0.2, 0) is 9.59 Å². The first-order valence-corrected chi connectivity index (χ1v) is 10.1. The first-order valence-electron chi connectivity index (χ1n) is 10.1. The van der Waals surface area contributed by atoms with Gasteiger partial charge >= 0.3 is 0 Å². The second-order valence-electron chi connectivity index (χ2n) is 7.93. The molecule has 2 aliphatic rings. The summed E-state index contributed by atoms with van der Waals surface area (Å²) in [5.41, 5.74) is 0.737. The van der Waals surface area contributed by atoms with Crippen LogP contribution in [0.15, 0.2) is 24.3 Å². The molecule has 1 saturated heterocycles. The van der Waals surface area contributed by atoms with E-state index in [2.05, 4.69) is 10.2 Å². The highest BCUT2D eigenvalue weighted by Gasteiger charge is 2.36. The first kappa shape index (κ1) is 19.7. The molecule has 1 aliphatic heterocycles. The number of nitrogens with zero attached hydrogens (tertiary/aromatic N) is 1. The van der Waals surface area contributed by atoms with Gasteiger partial charge in [0.05, 0.1) is 14.2 Å². The zero-order valence-corrected chi connectivity index (χ0v) is 16.5. The maximum Gasteiger partial charge on any atom is 0.279 e. The van der Waals surface area contributed by atoms with E-state index in [0.29, 0.717) is 18.5 Å². The Morgan fingerprint density at radius 3 is 2.56 bits per heavy atom. The number of likely N-dealkylation sites (N-methyl/N-ethyl adjacent to an activating group) is 1. The second-order valence-corrected chi connectivity index (χ2v) is 7.93. The number of quaternary nitrogens is 1. The van der Waals surface area contributed by atoms with Gasteiger partial charge in [-0.1, -0.05) is 12.8 Å². The van der Waals surface area contributed by atoms with Crippen molar-refractivity contribution in [3.05, 3.63) is 24.3 Å². The maximum absolute atomic E-state index is 12.8. The predicted molar refractivity (Wildman–Crippen MR) is 105 cm³/mol. The van der Waals surface area contributed by atoms with Gasteiger partial charge in [0.2, 0.25) is 0 Å². The summed E-state index contributed by atoms with van der Waals surface area (Å²) in [7, 11) is 3.52. The van der Waals surface area contributed by atoms with Gasteiger partial charge < -0.3 is 19.9 Å². The Morgan fingerprint density at radius 2 is 1.81 bits per heavy atom. The Kier molecular flexibility index (Phi) is 6.72. The summed E-state index contributed by atoms with van der Waals surface area (Å²) >= 11 is 0. The van der Waals surface area contributed by atoms with E-state index in [1.807, 2.05) is 31.3 Å². The summed E-state index contributed by atoms with van der Waals surface area (Å²) in [6.45, 7) is 1.53. The Morgan fingerprint density at radius 1 is 1.11 bits per heavy atom. The minimum Gasteiger partial charge on any atom is -0.497 e. The highest BCUT2D eigenvalue weighted by atomic mass is 16.5. The Labute approximate surface area is 161 Å². The summed E-state index contributed by atoms with van der Waals surface area (Å²) < 4.78 is 5.12. The fourth-order valence-corrected chi connectivity index (χ4v) is 4.51. The standard InChI is InChI=1S/C21H31N3O3/c1-23(14-20(25)22-17-9-11-18(27-2)12-10-17)15-21(26)24-13-5-7-16-6-3-4-8-19(16)24/h9-12,16,19H,3-8,13-15H2,1-2H3,(H,22,25)/p+1/t16-,19+/m1/s1. The number of carbonyl (C=O) groups excluding carboxylic acids is 2. The topological polar surface area (TPSA) is 63.1 Å². The number of rotatable bonds is 6. The van der Waals surface area contributed by atoms with Gasteiger partial charge in [-0.15, -0.1) is 0 Å². The van der Waals surface area contributed by atoms with Crippen molar-refractivity contribution in [3.8, 4) is 5.75 Å². The third-order valence-electron chi connectivity index (χ3n) is 5.85. The average Bonchev–Trinajstić information content (AvgIpc) is 2.67. The van der Waals surface area contributed by atoms with Crippen molar-refractivity contribution in [1.82, 2.24) is 4.90 Å². The van der Waals surface area contributed by atoms with E-state index in [-0.39, 0.29) is 18.4 Å². The van der Waals surface area contributed by atoms with E-state index in [9.17, 15) is 9.59 Å². The zero-order valence-electron chi connectivity index (χ0n) is 16.5. The summed E-state index contributed by atoms with van der Waals surface area (Å²) in [5.74, 6) is 1.56. The van der Waals surface area contributed by atoms with Gasteiger partial charge in [0, 0.05) is 18.3 Å². The maximum atomic E-state index is 12.8. The molecule has 6 nitrogen and oxygen atoms in total. The third kappa shape index (κ3) is 5.22. The van der Waals surface area contributed by atoms with Gasteiger partial charge in [0.25, 0.3) is 11.8 Å². The molecule has 1 aliphatic carbocycles. The Bertz CT molecular complexity index is 645. The molecule has 1 heterocycles. The minimum absolute atomic E-state index is 0.0837. The molecule has 2 amide bonds. The molecule has 0 bridgehead atoms. The number of hydrogen-bond donors (Lipinski definition) is 2. The van der Waals surface area contributed by atoms with Gasteiger partial charge in [-0.05, 0) is 55.9 Å². The van der Waals surface area contributed by atoms with Crippen molar-refractivity contribution in [1.29, 1.82) is 0 Å². The quantitative estimate of drug-likeness (QED) is 0.790. The fourth-order valence-electron chi connectivity index (χ4n) is 4.51. The number of likely N-dealkylation sites (tertiary alicyclic amines) is 1. The zero-order chi connectivity index (χ0) is 19.2. The van der Waals surface area contributed by atoms with E-state index in [4.69, 9.17) is 4.74 Å². The lowest BCUT2D eigenvalue weighted by Crippen LogP contribution is -3.11. The smallest absolute Gasteiger partial charge is 0.279 e. The molecule has 0 radical (unpaired) electrons. The third-order valence-corrected chi connectivity index (χ3v) is 5.85. The normalized spacial score (nSPS) is 23.3. The molecule has 1 aromatic carbocycles. The molecule has 148 valence electrons. The van der Waals surface area contributed by atoms with Crippen LogP contribution in [0.2, 0.25) is 0 Å². The summed E-state index contributed by atoms with van der Waals surface area (Å²) in [6, 6.07) is 7.68. The number of nitrogens with one attached hydrogen (secondary N) is 2. The molecular weight excluding hydrogens is 342 g/mol.